The number of H-pyrrole nitrogens is 1. The van der Waals surface area contributed by atoms with Crippen LogP contribution in [0.2, 0.25) is 0 Å². The molecule has 0 spiro atoms. The number of fused-ring (bicyclic) bond motifs is 1. The molecule has 0 saturated carbocycles. The van der Waals surface area contributed by atoms with Crippen LogP contribution in [0.3, 0.4) is 0 Å². The summed E-state index contributed by atoms with van der Waals surface area (Å²) in [7, 11) is 0. The highest BCUT2D eigenvalue weighted by atomic mass is 16.1. The van der Waals surface area contributed by atoms with Crippen LogP contribution < -0.4 is 10.9 Å². The van der Waals surface area contributed by atoms with Crippen molar-refractivity contribution in [2.24, 2.45) is 0 Å². The van der Waals surface area contributed by atoms with Crippen LogP contribution in [0.1, 0.15) is 70.9 Å². The highest BCUT2D eigenvalue weighted by Gasteiger charge is 2.18. The molecule has 0 unspecified atom stereocenters. The van der Waals surface area contributed by atoms with Crippen molar-refractivity contribution in [2.75, 3.05) is 5.32 Å². The summed E-state index contributed by atoms with van der Waals surface area (Å²) in [6.45, 7) is 4.27. The third kappa shape index (κ3) is 4.35. The van der Waals surface area contributed by atoms with Gasteiger partial charge in [-0.2, -0.15) is 5.10 Å². The van der Waals surface area contributed by atoms with Crippen LogP contribution in [0.5, 0.6) is 0 Å². The van der Waals surface area contributed by atoms with Crippen molar-refractivity contribution >= 4 is 11.6 Å². The van der Waals surface area contributed by atoms with E-state index < -0.39 is 0 Å². The van der Waals surface area contributed by atoms with E-state index in [0.717, 1.165) is 53.8 Å². The van der Waals surface area contributed by atoms with Gasteiger partial charge in [-0.3, -0.25) is 9.59 Å². The Hall–Kier alpha value is -3.21. The fraction of sp³-hybridized carbons (Fsp3) is 0.320. The second-order valence-corrected chi connectivity index (χ2v) is 8.27. The lowest BCUT2D eigenvalue weighted by Gasteiger charge is -2.17. The van der Waals surface area contributed by atoms with Crippen LogP contribution in [0, 0.1) is 0 Å². The van der Waals surface area contributed by atoms with E-state index in [1.807, 2.05) is 48.5 Å². The molecule has 1 heterocycles. The molecule has 5 nitrogen and oxygen atoms in total. The first-order valence-corrected chi connectivity index (χ1v) is 10.6. The Morgan fingerprint density at radius 1 is 1.07 bits per heavy atom. The molecule has 1 aliphatic carbocycles. The van der Waals surface area contributed by atoms with E-state index in [4.69, 9.17) is 0 Å². The third-order valence-electron chi connectivity index (χ3n) is 5.78. The SMILES string of the molecule is CC(C)c1ccc(C(=O)Nc2cccc(Cc3n[nH]c(=O)c4c3CCCC4)c2)cc1. The van der Waals surface area contributed by atoms with Crippen LogP contribution in [-0.4, -0.2) is 16.1 Å². The fourth-order valence-corrected chi connectivity index (χ4v) is 4.05. The lowest BCUT2D eigenvalue weighted by molar-refractivity contribution is 0.102. The fourth-order valence-electron chi connectivity index (χ4n) is 4.05. The molecule has 0 atom stereocenters. The molecular formula is C25H27N3O2. The molecule has 5 heteroatoms. The van der Waals surface area contributed by atoms with Crippen LogP contribution in [0.4, 0.5) is 5.69 Å². The maximum absolute atomic E-state index is 12.6. The Balaban J connectivity index is 1.51. The first-order chi connectivity index (χ1) is 14.5. The van der Waals surface area contributed by atoms with Gasteiger partial charge in [0, 0.05) is 23.2 Å². The van der Waals surface area contributed by atoms with Crippen molar-refractivity contribution in [1.29, 1.82) is 0 Å². The number of carbonyl (C=O) groups is 1. The van der Waals surface area contributed by atoms with Gasteiger partial charge in [-0.25, -0.2) is 5.10 Å². The van der Waals surface area contributed by atoms with Gasteiger partial charge in [-0.15, -0.1) is 0 Å². The van der Waals surface area contributed by atoms with E-state index in [-0.39, 0.29) is 11.5 Å². The number of nitrogens with one attached hydrogen (secondary N) is 2. The van der Waals surface area contributed by atoms with Crippen LogP contribution in [0.15, 0.2) is 53.3 Å². The van der Waals surface area contributed by atoms with Gasteiger partial charge < -0.3 is 5.32 Å². The molecule has 1 aromatic heterocycles. The summed E-state index contributed by atoms with van der Waals surface area (Å²) in [6.07, 6.45) is 4.51. The Bertz CT molecular complexity index is 1110. The zero-order valence-corrected chi connectivity index (χ0v) is 17.5. The van der Waals surface area contributed by atoms with E-state index in [1.54, 1.807) is 0 Å². The summed E-state index contributed by atoms with van der Waals surface area (Å²) in [4.78, 5) is 24.7. The molecule has 0 aliphatic heterocycles. The van der Waals surface area contributed by atoms with Gasteiger partial charge in [0.2, 0.25) is 0 Å². The van der Waals surface area contributed by atoms with Crippen molar-refractivity contribution in [1.82, 2.24) is 10.2 Å². The van der Waals surface area contributed by atoms with Crippen LogP contribution in [-0.2, 0) is 19.3 Å². The summed E-state index contributed by atoms with van der Waals surface area (Å²) in [6, 6.07) is 15.6. The maximum atomic E-state index is 12.6. The van der Waals surface area contributed by atoms with Crippen molar-refractivity contribution < 1.29 is 4.79 Å². The number of hydrogen-bond donors (Lipinski definition) is 2. The number of anilines is 1. The largest absolute Gasteiger partial charge is 0.322 e. The highest BCUT2D eigenvalue weighted by molar-refractivity contribution is 6.04. The predicted octanol–water partition coefficient (Wildman–Crippen LogP) is 4.62. The van der Waals surface area contributed by atoms with Crippen molar-refractivity contribution in [2.45, 2.75) is 51.9 Å². The monoisotopic (exact) mass is 401 g/mol. The van der Waals surface area contributed by atoms with Crippen LogP contribution >= 0.6 is 0 Å². The first-order valence-electron chi connectivity index (χ1n) is 10.6. The lowest BCUT2D eigenvalue weighted by atomic mass is 9.90. The number of benzene rings is 2. The average Bonchev–Trinajstić information content (AvgIpc) is 2.76. The minimum absolute atomic E-state index is 0.0575. The Morgan fingerprint density at radius 2 is 1.80 bits per heavy atom. The maximum Gasteiger partial charge on any atom is 0.267 e. The van der Waals surface area contributed by atoms with Crippen molar-refractivity contribution in [3.05, 3.63) is 92.4 Å². The van der Waals surface area contributed by atoms with Crippen LogP contribution in [0.25, 0.3) is 0 Å². The molecule has 1 amide bonds. The Labute approximate surface area is 176 Å². The first kappa shape index (κ1) is 20.1. The topological polar surface area (TPSA) is 74.8 Å². The van der Waals surface area contributed by atoms with Gasteiger partial charge in [-0.1, -0.05) is 38.1 Å². The lowest BCUT2D eigenvalue weighted by Crippen LogP contribution is -2.23. The summed E-state index contributed by atoms with van der Waals surface area (Å²) in [5, 5.41) is 9.96. The molecule has 30 heavy (non-hydrogen) atoms. The van der Waals surface area contributed by atoms with E-state index in [2.05, 4.69) is 29.4 Å². The number of amides is 1. The zero-order chi connectivity index (χ0) is 21.1. The molecule has 2 aromatic carbocycles. The van der Waals surface area contributed by atoms with Crippen molar-refractivity contribution in [3.63, 3.8) is 0 Å². The minimum atomic E-state index is -0.123. The van der Waals surface area contributed by atoms with Gasteiger partial charge in [0.1, 0.15) is 0 Å². The van der Waals surface area contributed by atoms with Gasteiger partial charge in [0.15, 0.2) is 0 Å². The van der Waals surface area contributed by atoms with Gasteiger partial charge in [-0.05, 0) is 72.6 Å². The molecule has 0 radical (unpaired) electrons. The standard InChI is InChI=1S/C25H27N3O2/c1-16(2)18-10-12-19(13-11-18)24(29)26-20-7-5-6-17(14-20)15-23-21-8-3-4-9-22(21)25(30)28-27-23/h5-7,10-14,16H,3-4,8-9,15H2,1-2H3,(H,26,29)(H,28,30). The van der Waals surface area contributed by atoms with E-state index in [0.29, 0.717) is 17.9 Å². The predicted molar refractivity (Wildman–Crippen MR) is 119 cm³/mol. The summed E-state index contributed by atoms with van der Waals surface area (Å²) < 4.78 is 0. The summed E-state index contributed by atoms with van der Waals surface area (Å²) in [5.74, 6) is 0.313. The molecule has 1 aliphatic rings. The number of aromatic amines is 1. The summed E-state index contributed by atoms with van der Waals surface area (Å²) in [5.41, 5.74) is 6.52. The molecule has 0 fully saturated rings. The number of hydrogen-bond acceptors (Lipinski definition) is 3. The number of carbonyl (C=O) groups excluding carboxylic acids is 1. The van der Waals surface area contributed by atoms with Gasteiger partial charge in [0.05, 0.1) is 5.69 Å². The molecule has 0 saturated heterocycles. The minimum Gasteiger partial charge on any atom is -0.322 e. The number of rotatable bonds is 5. The van der Waals surface area contributed by atoms with Gasteiger partial charge in [0.25, 0.3) is 11.5 Å². The second-order valence-electron chi connectivity index (χ2n) is 8.27. The van der Waals surface area contributed by atoms with Crippen molar-refractivity contribution in [3.8, 4) is 0 Å². The van der Waals surface area contributed by atoms with E-state index in [1.165, 1.54) is 5.56 Å². The Morgan fingerprint density at radius 3 is 2.53 bits per heavy atom. The molecule has 154 valence electrons. The normalized spacial score (nSPS) is 13.2. The zero-order valence-electron chi connectivity index (χ0n) is 17.5. The van der Waals surface area contributed by atoms with E-state index in [9.17, 15) is 9.59 Å². The molecule has 3 aromatic rings. The number of nitrogens with zero attached hydrogens (tertiary/aromatic N) is 1. The van der Waals surface area contributed by atoms with E-state index >= 15 is 0 Å². The quantitative estimate of drug-likeness (QED) is 0.655. The summed E-state index contributed by atoms with van der Waals surface area (Å²) >= 11 is 0. The average molecular weight is 402 g/mol. The smallest absolute Gasteiger partial charge is 0.267 e. The molecule has 2 N–H and O–H groups in total. The highest BCUT2D eigenvalue weighted by Crippen LogP contribution is 2.23. The Kier molecular flexibility index (Phi) is 5.79. The molecular weight excluding hydrogens is 374 g/mol. The van der Waals surface area contributed by atoms with Gasteiger partial charge >= 0.3 is 0 Å². The molecule has 4 rings (SSSR count). The second kappa shape index (κ2) is 8.66. The molecule has 0 bridgehead atoms. The number of aromatic nitrogens is 2. The third-order valence-corrected chi connectivity index (χ3v) is 5.78.